The van der Waals surface area contributed by atoms with Gasteiger partial charge in [0, 0.05) is 12.0 Å². The number of aliphatic hydroxyl groups is 1. The third kappa shape index (κ3) is 2.34. The zero-order valence-electron chi connectivity index (χ0n) is 9.42. The molecule has 1 fully saturated rings. The van der Waals surface area contributed by atoms with Crippen LogP contribution >= 0.6 is 0 Å². The highest BCUT2D eigenvalue weighted by Gasteiger charge is 2.33. The maximum absolute atomic E-state index is 11.7. The number of hydrogen-bond acceptors (Lipinski definition) is 3. The van der Waals surface area contributed by atoms with Gasteiger partial charge in [-0.2, -0.15) is 0 Å². The summed E-state index contributed by atoms with van der Waals surface area (Å²) in [5.41, 5.74) is -0.294. The summed E-state index contributed by atoms with van der Waals surface area (Å²) >= 11 is 0. The van der Waals surface area contributed by atoms with E-state index in [2.05, 4.69) is 0 Å². The van der Waals surface area contributed by atoms with Gasteiger partial charge in [-0.3, -0.25) is 9.69 Å². The summed E-state index contributed by atoms with van der Waals surface area (Å²) in [6.45, 7) is 4.02. The fraction of sp³-hybridized carbons (Fsp3) is 0.909. The van der Waals surface area contributed by atoms with Crippen LogP contribution in [0.2, 0.25) is 0 Å². The fourth-order valence-electron chi connectivity index (χ4n) is 1.91. The Morgan fingerprint density at radius 3 is 2.64 bits per heavy atom. The first-order valence-electron chi connectivity index (χ1n) is 5.35. The topological polar surface area (TPSA) is 40.5 Å². The number of ketones is 1. The first kappa shape index (κ1) is 11.7. The van der Waals surface area contributed by atoms with Crippen LogP contribution in [0.15, 0.2) is 0 Å². The maximum atomic E-state index is 11.7. The van der Waals surface area contributed by atoms with Crippen LogP contribution in [0.25, 0.3) is 0 Å². The lowest BCUT2D eigenvalue weighted by atomic mass is 9.90. The van der Waals surface area contributed by atoms with Crippen LogP contribution < -0.4 is 0 Å². The Morgan fingerprint density at radius 1 is 1.50 bits per heavy atom. The highest BCUT2D eigenvalue weighted by Crippen LogP contribution is 2.24. The molecule has 3 nitrogen and oxygen atoms in total. The summed E-state index contributed by atoms with van der Waals surface area (Å²) in [6, 6.07) is 0.0194. The molecule has 1 N–H and O–H groups in total. The Hall–Kier alpha value is -0.410. The van der Waals surface area contributed by atoms with Gasteiger partial charge in [-0.1, -0.05) is 6.42 Å². The van der Waals surface area contributed by atoms with E-state index in [0.717, 1.165) is 19.3 Å². The van der Waals surface area contributed by atoms with Crippen molar-refractivity contribution in [1.29, 1.82) is 0 Å². The first-order valence-corrected chi connectivity index (χ1v) is 5.35. The number of aliphatic hydroxyl groups excluding tert-OH is 1. The van der Waals surface area contributed by atoms with Gasteiger partial charge in [0.05, 0.1) is 12.6 Å². The molecule has 0 radical (unpaired) electrons. The average molecular weight is 199 g/mol. The summed E-state index contributed by atoms with van der Waals surface area (Å²) in [4.78, 5) is 13.7. The molecular formula is C11H21NO2. The van der Waals surface area contributed by atoms with Gasteiger partial charge < -0.3 is 5.11 Å². The lowest BCUT2D eigenvalue weighted by Crippen LogP contribution is -2.53. The number of rotatable bonds is 3. The maximum Gasteiger partial charge on any atom is 0.149 e. The van der Waals surface area contributed by atoms with Crippen molar-refractivity contribution in [1.82, 2.24) is 4.90 Å². The molecule has 1 atom stereocenters. The lowest BCUT2D eigenvalue weighted by molar-refractivity contribution is -0.128. The summed E-state index contributed by atoms with van der Waals surface area (Å²) in [5.74, 6) is 0.334. The standard InChI is InChI=1S/C11H21NO2/c1-11(2,8-13)12(3)9-6-4-5-7-10(9)14/h9,13H,4-8H2,1-3H3. The van der Waals surface area contributed by atoms with E-state index in [9.17, 15) is 9.90 Å². The quantitative estimate of drug-likeness (QED) is 0.742. The van der Waals surface area contributed by atoms with E-state index < -0.39 is 0 Å². The van der Waals surface area contributed by atoms with Crippen molar-refractivity contribution < 1.29 is 9.90 Å². The molecule has 0 amide bonds. The van der Waals surface area contributed by atoms with Crippen LogP contribution in [-0.2, 0) is 4.79 Å². The van der Waals surface area contributed by atoms with Crippen LogP contribution in [0.1, 0.15) is 39.5 Å². The predicted octanol–water partition coefficient (Wildman–Crippen LogP) is 1.20. The molecule has 0 bridgehead atoms. The Bertz CT molecular complexity index is 213. The van der Waals surface area contributed by atoms with E-state index in [0.29, 0.717) is 12.2 Å². The van der Waals surface area contributed by atoms with E-state index >= 15 is 0 Å². The van der Waals surface area contributed by atoms with Crippen LogP contribution in [0.4, 0.5) is 0 Å². The van der Waals surface area contributed by atoms with Crippen molar-refractivity contribution in [2.45, 2.75) is 51.1 Å². The number of carbonyl (C=O) groups is 1. The van der Waals surface area contributed by atoms with Crippen molar-refractivity contribution >= 4 is 5.78 Å². The normalized spacial score (nSPS) is 24.4. The molecule has 0 spiro atoms. The average Bonchev–Trinajstić information content (AvgIpc) is 2.17. The van der Waals surface area contributed by atoms with Gasteiger partial charge in [0.25, 0.3) is 0 Å². The van der Waals surface area contributed by atoms with Crippen LogP contribution in [0.5, 0.6) is 0 Å². The van der Waals surface area contributed by atoms with Crippen LogP contribution in [0.3, 0.4) is 0 Å². The van der Waals surface area contributed by atoms with Gasteiger partial charge in [0.1, 0.15) is 5.78 Å². The van der Waals surface area contributed by atoms with E-state index in [-0.39, 0.29) is 18.2 Å². The Kier molecular flexibility index (Phi) is 3.67. The second kappa shape index (κ2) is 4.41. The smallest absolute Gasteiger partial charge is 0.149 e. The van der Waals surface area contributed by atoms with Gasteiger partial charge in [0.15, 0.2) is 0 Å². The molecule has 14 heavy (non-hydrogen) atoms. The monoisotopic (exact) mass is 199 g/mol. The Morgan fingerprint density at radius 2 is 2.14 bits per heavy atom. The van der Waals surface area contributed by atoms with Gasteiger partial charge in [-0.25, -0.2) is 0 Å². The lowest BCUT2D eigenvalue weighted by Gasteiger charge is -2.40. The molecule has 0 aromatic rings. The largest absolute Gasteiger partial charge is 0.394 e. The second-order valence-electron chi connectivity index (χ2n) is 4.81. The van der Waals surface area contributed by atoms with Crippen molar-refractivity contribution in [3.8, 4) is 0 Å². The molecule has 0 aromatic heterocycles. The SMILES string of the molecule is CN(C1CCCCC1=O)C(C)(C)CO. The van der Waals surface area contributed by atoms with Crippen LogP contribution in [-0.4, -0.2) is 41.0 Å². The molecule has 1 aliphatic carbocycles. The van der Waals surface area contributed by atoms with Crippen molar-refractivity contribution in [3.05, 3.63) is 0 Å². The summed E-state index contributed by atoms with van der Waals surface area (Å²) in [6.07, 6.45) is 3.81. The van der Waals surface area contributed by atoms with Gasteiger partial charge in [0.2, 0.25) is 0 Å². The minimum Gasteiger partial charge on any atom is -0.394 e. The molecule has 82 valence electrons. The molecule has 1 rings (SSSR count). The summed E-state index contributed by atoms with van der Waals surface area (Å²) in [7, 11) is 1.93. The molecule has 1 saturated carbocycles. The van der Waals surface area contributed by atoms with E-state index in [4.69, 9.17) is 0 Å². The number of likely N-dealkylation sites (N-methyl/N-ethyl adjacent to an activating group) is 1. The third-order valence-electron chi connectivity index (χ3n) is 3.33. The zero-order valence-corrected chi connectivity index (χ0v) is 9.42. The molecule has 0 aromatic carbocycles. The van der Waals surface area contributed by atoms with Crippen LogP contribution in [0, 0.1) is 0 Å². The van der Waals surface area contributed by atoms with E-state index in [1.807, 2.05) is 25.8 Å². The summed E-state index contributed by atoms with van der Waals surface area (Å²) < 4.78 is 0. The molecule has 0 saturated heterocycles. The Labute approximate surface area is 86.1 Å². The zero-order chi connectivity index (χ0) is 10.8. The highest BCUT2D eigenvalue weighted by atomic mass is 16.3. The summed E-state index contributed by atoms with van der Waals surface area (Å²) in [5, 5.41) is 9.23. The number of hydrogen-bond donors (Lipinski definition) is 1. The molecule has 0 heterocycles. The van der Waals surface area contributed by atoms with Crippen molar-refractivity contribution in [3.63, 3.8) is 0 Å². The van der Waals surface area contributed by atoms with E-state index in [1.54, 1.807) is 0 Å². The van der Waals surface area contributed by atoms with Gasteiger partial charge in [-0.05, 0) is 33.7 Å². The first-order chi connectivity index (χ1) is 6.49. The second-order valence-corrected chi connectivity index (χ2v) is 4.81. The molecule has 3 heteroatoms. The fourth-order valence-corrected chi connectivity index (χ4v) is 1.91. The minimum absolute atomic E-state index is 0.0194. The van der Waals surface area contributed by atoms with Crippen molar-refractivity contribution in [2.75, 3.05) is 13.7 Å². The van der Waals surface area contributed by atoms with Gasteiger partial charge in [-0.15, -0.1) is 0 Å². The van der Waals surface area contributed by atoms with E-state index in [1.165, 1.54) is 0 Å². The number of carbonyl (C=O) groups excluding carboxylic acids is 1. The van der Waals surface area contributed by atoms with Crippen molar-refractivity contribution in [2.24, 2.45) is 0 Å². The predicted molar refractivity (Wildman–Crippen MR) is 56.2 cm³/mol. The number of Topliss-reactive ketones (excluding diaryl/α,β-unsaturated/α-hetero) is 1. The highest BCUT2D eigenvalue weighted by molar-refractivity contribution is 5.84. The molecular weight excluding hydrogens is 178 g/mol. The molecule has 0 aliphatic heterocycles. The minimum atomic E-state index is -0.294. The number of nitrogens with zero attached hydrogens (tertiary/aromatic N) is 1. The molecule has 1 aliphatic rings. The molecule has 1 unspecified atom stereocenters. The Balaban J connectivity index is 2.67. The third-order valence-corrected chi connectivity index (χ3v) is 3.33. The van der Waals surface area contributed by atoms with Gasteiger partial charge >= 0.3 is 0 Å².